The zero-order valence-corrected chi connectivity index (χ0v) is 7.51. The summed E-state index contributed by atoms with van der Waals surface area (Å²) in [7, 11) is 0. The fraction of sp³-hybridized carbons (Fsp3) is 0.300. The summed E-state index contributed by atoms with van der Waals surface area (Å²) in [4.78, 5) is 4.32. The first-order valence-corrected chi connectivity index (χ1v) is 4.01. The summed E-state index contributed by atoms with van der Waals surface area (Å²) < 4.78 is 5.49. The smallest absolute Gasteiger partial charge is 0.155 e. The second-order valence-electron chi connectivity index (χ2n) is 3.12. The molecule has 12 heavy (non-hydrogen) atoms. The number of aryl methyl sites for hydroxylation is 3. The predicted octanol–water partition coefficient (Wildman–Crippen LogP) is 2.75. The Morgan fingerprint density at radius 3 is 2.67 bits per heavy atom. The molecule has 0 bridgehead atoms. The Kier molecular flexibility index (Phi) is 1.43. The van der Waals surface area contributed by atoms with Gasteiger partial charge in [-0.3, -0.25) is 4.98 Å². The van der Waals surface area contributed by atoms with Crippen LogP contribution in [0.2, 0.25) is 0 Å². The fourth-order valence-corrected chi connectivity index (χ4v) is 1.50. The highest BCUT2D eigenvalue weighted by atomic mass is 16.3. The number of rotatable bonds is 0. The molecule has 0 amide bonds. The minimum atomic E-state index is 0.915. The van der Waals surface area contributed by atoms with Gasteiger partial charge >= 0.3 is 0 Å². The Bertz CT molecular complexity index is 429. The van der Waals surface area contributed by atoms with E-state index in [4.69, 9.17) is 4.42 Å². The molecule has 0 aliphatic heterocycles. The highest BCUT2D eigenvalue weighted by Gasteiger charge is 2.04. The Hall–Kier alpha value is -1.31. The van der Waals surface area contributed by atoms with Crippen molar-refractivity contribution in [1.82, 2.24) is 4.98 Å². The third-order valence-electron chi connectivity index (χ3n) is 1.92. The first kappa shape index (κ1) is 7.35. The molecular formula is C10H11NO. The van der Waals surface area contributed by atoms with Crippen LogP contribution in [0.1, 0.15) is 17.1 Å². The summed E-state index contributed by atoms with van der Waals surface area (Å²) in [6, 6.07) is 4.08. The van der Waals surface area contributed by atoms with Crippen LogP contribution in [0, 0.1) is 20.8 Å². The molecule has 2 aromatic rings. The second-order valence-corrected chi connectivity index (χ2v) is 3.12. The van der Waals surface area contributed by atoms with E-state index in [0.29, 0.717) is 0 Å². The number of pyridine rings is 1. The van der Waals surface area contributed by atoms with Gasteiger partial charge in [-0.15, -0.1) is 0 Å². The van der Waals surface area contributed by atoms with E-state index in [1.807, 2.05) is 32.9 Å². The minimum Gasteiger partial charge on any atom is -0.459 e. The standard InChI is InChI=1S/C10H11NO/c1-6-4-9-5-7(2)12-10(9)8(3)11-6/h4-5H,1-3H3. The van der Waals surface area contributed by atoms with E-state index in [9.17, 15) is 0 Å². The van der Waals surface area contributed by atoms with E-state index in [0.717, 1.165) is 28.1 Å². The van der Waals surface area contributed by atoms with Crippen LogP contribution in [-0.4, -0.2) is 4.98 Å². The van der Waals surface area contributed by atoms with E-state index in [-0.39, 0.29) is 0 Å². The molecule has 0 saturated heterocycles. The molecule has 0 unspecified atom stereocenters. The van der Waals surface area contributed by atoms with Crippen LogP contribution in [0.4, 0.5) is 0 Å². The van der Waals surface area contributed by atoms with E-state index in [1.165, 1.54) is 0 Å². The molecule has 0 N–H and O–H groups in total. The van der Waals surface area contributed by atoms with Crippen molar-refractivity contribution < 1.29 is 4.42 Å². The van der Waals surface area contributed by atoms with E-state index >= 15 is 0 Å². The number of furan rings is 1. The Morgan fingerprint density at radius 1 is 1.17 bits per heavy atom. The van der Waals surface area contributed by atoms with Crippen LogP contribution in [0.3, 0.4) is 0 Å². The van der Waals surface area contributed by atoms with Crippen LogP contribution in [0.5, 0.6) is 0 Å². The molecule has 0 spiro atoms. The van der Waals surface area contributed by atoms with Gasteiger partial charge in [-0.1, -0.05) is 0 Å². The first-order chi connectivity index (χ1) is 5.66. The van der Waals surface area contributed by atoms with Gasteiger partial charge in [-0.05, 0) is 32.9 Å². The summed E-state index contributed by atoms with van der Waals surface area (Å²) in [6.45, 7) is 5.92. The van der Waals surface area contributed by atoms with Crippen LogP contribution < -0.4 is 0 Å². The third-order valence-corrected chi connectivity index (χ3v) is 1.92. The highest BCUT2D eigenvalue weighted by molar-refractivity contribution is 5.80. The normalized spacial score (nSPS) is 10.9. The number of hydrogen-bond donors (Lipinski definition) is 0. The molecule has 0 aliphatic carbocycles. The lowest BCUT2D eigenvalue weighted by molar-refractivity contribution is 0.574. The molecule has 0 saturated carbocycles. The molecule has 2 rings (SSSR count). The summed E-state index contributed by atoms with van der Waals surface area (Å²) in [5, 5.41) is 1.15. The Balaban J connectivity index is 2.88. The Morgan fingerprint density at radius 2 is 1.92 bits per heavy atom. The lowest BCUT2D eigenvalue weighted by Crippen LogP contribution is -1.84. The minimum absolute atomic E-state index is 0.915. The molecule has 0 fully saturated rings. The average molecular weight is 161 g/mol. The van der Waals surface area contributed by atoms with Gasteiger partial charge in [0.1, 0.15) is 5.76 Å². The Labute approximate surface area is 71.2 Å². The molecule has 0 aromatic carbocycles. The van der Waals surface area contributed by atoms with Gasteiger partial charge in [0.15, 0.2) is 5.58 Å². The van der Waals surface area contributed by atoms with Crippen LogP contribution in [0.15, 0.2) is 16.5 Å². The number of fused-ring (bicyclic) bond motifs is 1. The summed E-state index contributed by atoms with van der Waals surface area (Å²) in [6.07, 6.45) is 0. The predicted molar refractivity (Wildman–Crippen MR) is 48.2 cm³/mol. The van der Waals surface area contributed by atoms with Crippen molar-refractivity contribution in [3.8, 4) is 0 Å². The largest absolute Gasteiger partial charge is 0.459 e. The van der Waals surface area contributed by atoms with Crippen molar-refractivity contribution in [1.29, 1.82) is 0 Å². The maximum absolute atomic E-state index is 5.49. The molecule has 2 heterocycles. The van der Waals surface area contributed by atoms with Crippen LogP contribution >= 0.6 is 0 Å². The highest BCUT2D eigenvalue weighted by Crippen LogP contribution is 2.21. The molecule has 2 nitrogen and oxygen atoms in total. The molecule has 0 radical (unpaired) electrons. The summed E-state index contributed by atoms with van der Waals surface area (Å²) in [5.74, 6) is 0.945. The zero-order chi connectivity index (χ0) is 8.72. The van der Waals surface area contributed by atoms with Crippen molar-refractivity contribution in [2.75, 3.05) is 0 Å². The lowest BCUT2D eigenvalue weighted by atomic mass is 10.2. The second kappa shape index (κ2) is 2.34. The molecule has 0 aliphatic rings. The van der Waals surface area contributed by atoms with Gasteiger partial charge in [0.25, 0.3) is 0 Å². The molecule has 0 atom stereocenters. The summed E-state index contributed by atoms with van der Waals surface area (Å²) >= 11 is 0. The van der Waals surface area contributed by atoms with Gasteiger partial charge in [0.2, 0.25) is 0 Å². The van der Waals surface area contributed by atoms with Crippen molar-refractivity contribution >= 4 is 11.0 Å². The SMILES string of the molecule is Cc1cc2cc(C)oc2c(C)n1. The fourth-order valence-electron chi connectivity index (χ4n) is 1.50. The average Bonchev–Trinajstić information content (AvgIpc) is 2.29. The quantitative estimate of drug-likeness (QED) is 0.593. The topological polar surface area (TPSA) is 26.0 Å². The van der Waals surface area contributed by atoms with Gasteiger partial charge in [0, 0.05) is 11.1 Å². The van der Waals surface area contributed by atoms with Crippen LogP contribution in [-0.2, 0) is 0 Å². The maximum atomic E-state index is 5.49. The monoisotopic (exact) mass is 161 g/mol. The maximum Gasteiger partial charge on any atom is 0.155 e. The molecule has 2 aromatic heterocycles. The zero-order valence-electron chi connectivity index (χ0n) is 7.51. The van der Waals surface area contributed by atoms with E-state index < -0.39 is 0 Å². The van der Waals surface area contributed by atoms with Gasteiger partial charge < -0.3 is 4.42 Å². The van der Waals surface area contributed by atoms with E-state index in [2.05, 4.69) is 4.98 Å². The lowest BCUT2D eigenvalue weighted by Gasteiger charge is -1.95. The number of nitrogens with zero attached hydrogens (tertiary/aromatic N) is 1. The molecule has 62 valence electrons. The molecular weight excluding hydrogens is 150 g/mol. The number of aromatic nitrogens is 1. The summed E-state index contributed by atoms with van der Waals surface area (Å²) in [5.41, 5.74) is 2.93. The van der Waals surface area contributed by atoms with Gasteiger partial charge in [-0.25, -0.2) is 0 Å². The van der Waals surface area contributed by atoms with Gasteiger partial charge in [0.05, 0.1) is 5.69 Å². The first-order valence-electron chi connectivity index (χ1n) is 4.01. The van der Waals surface area contributed by atoms with Crippen molar-refractivity contribution in [2.45, 2.75) is 20.8 Å². The van der Waals surface area contributed by atoms with Crippen LogP contribution in [0.25, 0.3) is 11.0 Å². The van der Waals surface area contributed by atoms with Crippen molar-refractivity contribution in [2.24, 2.45) is 0 Å². The van der Waals surface area contributed by atoms with Crippen molar-refractivity contribution in [3.63, 3.8) is 0 Å². The van der Waals surface area contributed by atoms with Crippen molar-refractivity contribution in [3.05, 3.63) is 29.3 Å². The van der Waals surface area contributed by atoms with E-state index in [1.54, 1.807) is 0 Å². The number of hydrogen-bond acceptors (Lipinski definition) is 2. The third kappa shape index (κ3) is 0.998. The molecule has 2 heteroatoms. The van der Waals surface area contributed by atoms with Gasteiger partial charge in [-0.2, -0.15) is 0 Å².